The summed E-state index contributed by atoms with van der Waals surface area (Å²) in [6, 6.07) is 0. The molecule has 0 spiro atoms. The van der Waals surface area contributed by atoms with Crippen LogP contribution in [0.4, 0.5) is 0 Å². The lowest BCUT2D eigenvalue weighted by Gasteiger charge is -2.16. The quantitative estimate of drug-likeness (QED) is 0.461. The lowest BCUT2D eigenvalue weighted by Crippen LogP contribution is -2.08. The summed E-state index contributed by atoms with van der Waals surface area (Å²) in [5.41, 5.74) is 3.31. The second-order valence-corrected chi connectivity index (χ2v) is 5.62. The van der Waals surface area contributed by atoms with Crippen LogP contribution >= 0.6 is 0 Å². The summed E-state index contributed by atoms with van der Waals surface area (Å²) < 4.78 is 0. The third kappa shape index (κ3) is 7.13. The maximum absolute atomic E-state index is 4.60. The van der Waals surface area contributed by atoms with Crippen molar-refractivity contribution in [2.24, 2.45) is 16.8 Å². The molecule has 20 heavy (non-hydrogen) atoms. The van der Waals surface area contributed by atoms with Crippen molar-refractivity contribution in [3.8, 4) is 0 Å². The van der Waals surface area contributed by atoms with E-state index in [1.54, 1.807) is 6.08 Å². The first-order chi connectivity index (χ1) is 9.31. The van der Waals surface area contributed by atoms with E-state index in [-0.39, 0.29) is 0 Å². The molecule has 112 valence electrons. The second kappa shape index (κ2) is 9.35. The van der Waals surface area contributed by atoms with Crippen molar-refractivity contribution in [3.05, 3.63) is 48.5 Å². The van der Waals surface area contributed by atoms with Gasteiger partial charge in [-0.15, -0.1) is 0 Å². The van der Waals surface area contributed by atoms with Gasteiger partial charge in [0.15, 0.2) is 0 Å². The largest absolute Gasteiger partial charge is 0.355 e. The summed E-state index contributed by atoms with van der Waals surface area (Å²) in [5, 5.41) is 0. The van der Waals surface area contributed by atoms with E-state index < -0.39 is 0 Å². The van der Waals surface area contributed by atoms with Gasteiger partial charge in [0.25, 0.3) is 0 Å². The Bertz CT molecular complexity index is 421. The van der Waals surface area contributed by atoms with Crippen LogP contribution in [0.3, 0.4) is 0 Å². The fourth-order valence-corrected chi connectivity index (χ4v) is 1.61. The van der Waals surface area contributed by atoms with Gasteiger partial charge in [-0.05, 0) is 37.3 Å². The molecule has 0 N–H and O–H groups in total. The van der Waals surface area contributed by atoms with Gasteiger partial charge in [-0.3, -0.25) is 4.99 Å². The van der Waals surface area contributed by atoms with Crippen LogP contribution in [0.2, 0.25) is 0 Å². The molecule has 0 saturated heterocycles. The zero-order chi connectivity index (χ0) is 15.7. The number of allylic oxidation sites excluding steroid dienone is 5. The Labute approximate surface area is 125 Å². The highest BCUT2D eigenvalue weighted by atomic mass is 15.1. The standard InChI is InChI=1S/C18H30N2/c1-9-11-17(14(3)4)12-20(8)13-18(15(5)6)19-16(7)10-2/h9-15H,2H2,1,3-8H3/b11-9-,17-12+,18-13-,19-16+. The minimum atomic E-state index is 0.380. The first-order valence-electron chi connectivity index (χ1n) is 7.27. The predicted octanol–water partition coefficient (Wildman–Crippen LogP) is 5.18. The number of rotatable bonds is 7. The summed E-state index contributed by atoms with van der Waals surface area (Å²) >= 11 is 0. The third-order valence-electron chi connectivity index (χ3n) is 2.91. The molecule has 0 saturated carbocycles. The van der Waals surface area contributed by atoms with E-state index in [2.05, 4.69) is 68.7 Å². The molecule has 0 fully saturated rings. The van der Waals surface area contributed by atoms with Gasteiger partial charge in [0, 0.05) is 25.2 Å². The van der Waals surface area contributed by atoms with Crippen LogP contribution in [-0.2, 0) is 0 Å². The SMILES string of the molecule is C=C/C(C)=N/C(=C\N(C)/C=C(\C=C/C)C(C)C)C(C)C. The van der Waals surface area contributed by atoms with Crippen molar-refractivity contribution >= 4 is 5.71 Å². The molecule has 0 aromatic carbocycles. The molecule has 2 heteroatoms. The molecule has 0 rings (SSSR count). The van der Waals surface area contributed by atoms with Gasteiger partial charge in [0.05, 0.1) is 5.70 Å². The highest BCUT2D eigenvalue weighted by Gasteiger charge is 2.04. The van der Waals surface area contributed by atoms with Gasteiger partial charge in [-0.1, -0.05) is 46.4 Å². The van der Waals surface area contributed by atoms with Crippen LogP contribution in [0.5, 0.6) is 0 Å². The van der Waals surface area contributed by atoms with Crippen LogP contribution < -0.4 is 0 Å². The normalized spacial score (nSPS) is 14.6. The number of hydrogen-bond donors (Lipinski definition) is 0. The van der Waals surface area contributed by atoms with Gasteiger partial charge < -0.3 is 4.90 Å². The molecule has 0 unspecified atom stereocenters. The summed E-state index contributed by atoms with van der Waals surface area (Å²) in [7, 11) is 2.05. The van der Waals surface area contributed by atoms with E-state index in [0.29, 0.717) is 11.8 Å². The van der Waals surface area contributed by atoms with E-state index in [1.807, 2.05) is 20.9 Å². The van der Waals surface area contributed by atoms with Crippen molar-refractivity contribution in [3.63, 3.8) is 0 Å². The Morgan fingerprint density at radius 1 is 1.10 bits per heavy atom. The fraction of sp³-hybridized carbons (Fsp3) is 0.500. The highest BCUT2D eigenvalue weighted by Crippen LogP contribution is 2.16. The molecule has 0 aromatic heterocycles. The van der Waals surface area contributed by atoms with Gasteiger partial charge in [-0.25, -0.2) is 0 Å². The smallest absolute Gasteiger partial charge is 0.0593 e. The Morgan fingerprint density at radius 3 is 2.10 bits per heavy atom. The molecule has 0 atom stereocenters. The van der Waals surface area contributed by atoms with Gasteiger partial charge in [0.1, 0.15) is 0 Å². The molecule has 0 aliphatic carbocycles. The highest BCUT2D eigenvalue weighted by molar-refractivity contribution is 5.92. The van der Waals surface area contributed by atoms with E-state index in [4.69, 9.17) is 0 Å². The van der Waals surface area contributed by atoms with E-state index >= 15 is 0 Å². The van der Waals surface area contributed by atoms with Crippen LogP contribution in [0, 0.1) is 11.8 Å². The van der Waals surface area contributed by atoms with Crippen molar-refractivity contribution in [1.29, 1.82) is 0 Å². The Balaban J connectivity index is 5.33. The Morgan fingerprint density at radius 2 is 1.70 bits per heavy atom. The topological polar surface area (TPSA) is 15.6 Å². The molecule has 0 bridgehead atoms. The minimum absolute atomic E-state index is 0.380. The van der Waals surface area contributed by atoms with Crippen molar-refractivity contribution < 1.29 is 0 Å². The number of nitrogens with zero attached hydrogens (tertiary/aromatic N) is 2. The van der Waals surface area contributed by atoms with Crippen molar-refractivity contribution in [2.45, 2.75) is 41.5 Å². The molecular weight excluding hydrogens is 244 g/mol. The van der Waals surface area contributed by atoms with Crippen molar-refractivity contribution in [1.82, 2.24) is 4.90 Å². The fourth-order valence-electron chi connectivity index (χ4n) is 1.61. The molecule has 0 aromatic rings. The summed E-state index contributed by atoms with van der Waals surface area (Å²) in [5.74, 6) is 0.882. The van der Waals surface area contributed by atoms with Gasteiger partial charge in [0.2, 0.25) is 0 Å². The van der Waals surface area contributed by atoms with E-state index in [9.17, 15) is 0 Å². The van der Waals surface area contributed by atoms with Crippen LogP contribution in [0.15, 0.2) is 53.5 Å². The van der Waals surface area contributed by atoms with Gasteiger partial charge >= 0.3 is 0 Å². The van der Waals surface area contributed by atoms with E-state index in [1.165, 1.54) is 5.57 Å². The zero-order valence-electron chi connectivity index (χ0n) is 14.1. The molecule has 2 nitrogen and oxygen atoms in total. The maximum atomic E-state index is 4.60. The molecule has 0 aliphatic rings. The lowest BCUT2D eigenvalue weighted by atomic mass is 10.0. The Hall–Kier alpha value is -1.57. The first-order valence-corrected chi connectivity index (χ1v) is 7.27. The summed E-state index contributed by atoms with van der Waals surface area (Å²) in [6.07, 6.45) is 10.3. The van der Waals surface area contributed by atoms with Crippen molar-refractivity contribution in [2.75, 3.05) is 7.05 Å². The minimum Gasteiger partial charge on any atom is -0.355 e. The lowest BCUT2D eigenvalue weighted by molar-refractivity contribution is 0.584. The number of hydrogen-bond acceptors (Lipinski definition) is 2. The van der Waals surface area contributed by atoms with E-state index in [0.717, 1.165) is 11.4 Å². The molecule has 0 heterocycles. The van der Waals surface area contributed by atoms with Gasteiger partial charge in [-0.2, -0.15) is 0 Å². The summed E-state index contributed by atoms with van der Waals surface area (Å²) in [4.78, 5) is 6.69. The molecular formula is C18H30N2. The van der Waals surface area contributed by atoms with Crippen LogP contribution in [-0.4, -0.2) is 17.7 Å². The Kier molecular flexibility index (Phi) is 8.62. The van der Waals surface area contributed by atoms with Crippen LogP contribution in [0.25, 0.3) is 0 Å². The first kappa shape index (κ1) is 18.4. The average Bonchev–Trinajstić information content (AvgIpc) is 2.36. The maximum Gasteiger partial charge on any atom is 0.0593 e. The summed E-state index contributed by atoms with van der Waals surface area (Å²) in [6.45, 7) is 16.5. The second-order valence-electron chi connectivity index (χ2n) is 5.62. The predicted molar refractivity (Wildman–Crippen MR) is 91.7 cm³/mol. The molecule has 0 radical (unpaired) electrons. The number of aliphatic imine (C=N–C) groups is 1. The average molecular weight is 274 g/mol. The molecule has 0 amide bonds. The monoisotopic (exact) mass is 274 g/mol. The molecule has 0 aliphatic heterocycles. The zero-order valence-corrected chi connectivity index (χ0v) is 14.1. The third-order valence-corrected chi connectivity index (χ3v) is 2.91. The van der Waals surface area contributed by atoms with Crippen LogP contribution in [0.1, 0.15) is 41.5 Å².